The molecule has 0 unspecified atom stereocenters. The van der Waals surface area contributed by atoms with Crippen LogP contribution in [0.1, 0.15) is 32.2 Å². The average Bonchev–Trinajstić information content (AvgIpc) is 3.42. The van der Waals surface area contributed by atoms with Crippen LogP contribution in [0.4, 0.5) is 0 Å². The lowest BCUT2D eigenvalue weighted by Crippen LogP contribution is -2.15. The molecule has 2 N–H and O–H groups in total. The van der Waals surface area contributed by atoms with Crippen LogP contribution in [0, 0.1) is 13.8 Å². The number of sulfonamides is 1. The molecule has 0 bridgehead atoms. The van der Waals surface area contributed by atoms with Crippen molar-refractivity contribution in [2.45, 2.75) is 18.7 Å². The third kappa shape index (κ3) is 4.78. The summed E-state index contributed by atoms with van der Waals surface area (Å²) < 4.78 is 30.0. The van der Waals surface area contributed by atoms with Crippen LogP contribution in [-0.2, 0) is 14.8 Å². The number of benzene rings is 1. The van der Waals surface area contributed by atoms with E-state index in [9.17, 15) is 18.0 Å². The molecule has 4 rings (SSSR count). The van der Waals surface area contributed by atoms with Crippen molar-refractivity contribution in [2.75, 3.05) is 6.61 Å². The van der Waals surface area contributed by atoms with Gasteiger partial charge in [-0.05, 0) is 50.2 Å². The molecule has 0 saturated carbocycles. The second-order valence-corrected chi connectivity index (χ2v) is 9.69. The van der Waals surface area contributed by atoms with Gasteiger partial charge in [-0.15, -0.1) is 11.3 Å². The second kappa shape index (κ2) is 9.25. The van der Waals surface area contributed by atoms with Crippen LogP contribution in [0.5, 0.6) is 0 Å². The molecule has 0 spiro atoms. The number of rotatable bonds is 7. The van der Waals surface area contributed by atoms with Crippen LogP contribution in [-0.4, -0.2) is 46.3 Å². The summed E-state index contributed by atoms with van der Waals surface area (Å²) in [7, 11) is -3.81. The predicted molar refractivity (Wildman–Crippen MR) is 124 cm³/mol. The van der Waals surface area contributed by atoms with Gasteiger partial charge in [0.15, 0.2) is 23.1 Å². The van der Waals surface area contributed by atoms with E-state index in [1.807, 2.05) is 6.92 Å². The number of esters is 1. The number of aryl methyl sites for hydroxylation is 1. The Morgan fingerprint density at radius 1 is 1.12 bits per heavy atom. The summed E-state index contributed by atoms with van der Waals surface area (Å²) in [6.07, 6.45) is 3.15. The quantitative estimate of drug-likeness (QED) is 0.303. The molecule has 1 aromatic carbocycles. The first-order chi connectivity index (χ1) is 16.1. The number of primary sulfonamides is 1. The molecule has 0 amide bonds. The Labute approximate surface area is 199 Å². The van der Waals surface area contributed by atoms with Crippen molar-refractivity contribution in [1.82, 2.24) is 19.5 Å². The standard InChI is InChI=1S/C22H19N5O5S2/c1-13-10-17(14(2)27(13)15-4-6-16(7-5-15)34(23,30)31)19(28)11-32-22(29)18-12-33-21(26-18)20-24-8-3-9-25-20/h3-10,12H,11H2,1-2H3,(H2,23,30,31). The number of thiazole rings is 1. The van der Waals surface area contributed by atoms with Crippen LogP contribution >= 0.6 is 11.3 Å². The van der Waals surface area contributed by atoms with E-state index < -0.39 is 22.6 Å². The molecule has 0 atom stereocenters. The smallest absolute Gasteiger partial charge is 0.358 e. The van der Waals surface area contributed by atoms with Crippen molar-refractivity contribution in [2.24, 2.45) is 5.14 Å². The molecule has 3 aromatic heterocycles. The minimum atomic E-state index is -3.81. The lowest BCUT2D eigenvalue weighted by molar-refractivity contribution is 0.0469. The predicted octanol–water partition coefficient (Wildman–Crippen LogP) is 2.69. The molecule has 0 saturated heterocycles. The van der Waals surface area contributed by atoms with E-state index in [-0.39, 0.29) is 16.4 Å². The average molecular weight is 498 g/mol. The highest BCUT2D eigenvalue weighted by atomic mass is 32.2. The molecule has 0 fully saturated rings. The Hall–Kier alpha value is -3.74. The van der Waals surface area contributed by atoms with Gasteiger partial charge in [0.25, 0.3) is 0 Å². The fraction of sp³-hybridized carbons (Fsp3) is 0.136. The van der Waals surface area contributed by atoms with Gasteiger partial charge in [-0.2, -0.15) is 0 Å². The first-order valence-electron chi connectivity index (χ1n) is 9.90. The monoisotopic (exact) mass is 497 g/mol. The number of hydrogen-bond acceptors (Lipinski definition) is 9. The van der Waals surface area contributed by atoms with Gasteiger partial charge in [-0.3, -0.25) is 4.79 Å². The van der Waals surface area contributed by atoms with E-state index in [0.29, 0.717) is 27.8 Å². The maximum Gasteiger partial charge on any atom is 0.358 e. The molecule has 174 valence electrons. The second-order valence-electron chi connectivity index (χ2n) is 7.27. The lowest BCUT2D eigenvalue weighted by Gasteiger charge is -2.10. The van der Waals surface area contributed by atoms with Crippen molar-refractivity contribution >= 4 is 33.1 Å². The summed E-state index contributed by atoms with van der Waals surface area (Å²) in [6.45, 7) is 3.11. The topological polar surface area (TPSA) is 147 Å². The molecular formula is C22H19N5O5S2. The highest BCUT2D eigenvalue weighted by Gasteiger charge is 2.20. The van der Waals surface area contributed by atoms with Crippen LogP contribution < -0.4 is 5.14 Å². The van der Waals surface area contributed by atoms with E-state index in [0.717, 1.165) is 5.69 Å². The maximum absolute atomic E-state index is 12.8. The molecule has 0 aliphatic rings. The van der Waals surface area contributed by atoms with Crippen LogP contribution in [0.25, 0.3) is 16.5 Å². The highest BCUT2D eigenvalue weighted by molar-refractivity contribution is 7.89. The Morgan fingerprint density at radius 2 is 1.79 bits per heavy atom. The highest BCUT2D eigenvalue weighted by Crippen LogP contribution is 2.23. The Kier molecular flexibility index (Phi) is 6.37. The number of ketones is 1. The minimum absolute atomic E-state index is 0.00838. The normalized spacial score (nSPS) is 11.4. The van der Waals surface area contributed by atoms with E-state index in [4.69, 9.17) is 9.88 Å². The van der Waals surface area contributed by atoms with Crippen molar-refractivity contribution in [3.8, 4) is 16.5 Å². The Balaban J connectivity index is 1.47. The van der Waals surface area contributed by atoms with E-state index in [1.54, 1.807) is 48.1 Å². The summed E-state index contributed by atoms with van der Waals surface area (Å²) in [5.41, 5.74) is 2.50. The van der Waals surface area contributed by atoms with Crippen LogP contribution in [0.2, 0.25) is 0 Å². The third-order valence-corrected chi connectivity index (χ3v) is 6.73. The summed E-state index contributed by atoms with van der Waals surface area (Å²) >= 11 is 1.20. The van der Waals surface area contributed by atoms with Crippen molar-refractivity contribution in [3.05, 3.63) is 76.8 Å². The number of nitrogens with zero attached hydrogens (tertiary/aromatic N) is 4. The molecule has 4 aromatic rings. The van der Waals surface area contributed by atoms with Gasteiger partial charge in [-0.1, -0.05) is 0 Å². The maximum atomic E-state index is 12.8. The molecule has 0 radical (unpaired) electrons. The number of carbonyl (C=O) groups excluding carboxylic acids is 2. The summed E-state index contributed by atoms with van der Waals surface area (Å²) in [5, 5.41) is 7.14. The van der Waals surface area contributed by atoms with Crippen molar-refractivity contribution in [3.63, 3.8) is 0 Å². The molecule has 10 nitrogen and oxygen atoms in total. The zero-order valence-corrected chi connectivity index (χ0v) is 19.8. The van der Waals surface area contributed by atoms with E-state index in [2.05, 4.69) is 15.0 Å². The van der Waals surface area contributed by atoms with Gasteiger partial charge in [0, 0.05) is 40.4 Å². The molecule has 0 aliphatic carbocycles. The van der Waals surface area contributed by atoms with Gasteiger partial charge in [0.2, 0.25) is 15.8 Å². The number of ether oxygens (including phenoxy) is 1. The minimum Gasteiger partial charge on any atom is -0.453 e. The lowest BCUT2D eigenvalue weighted by atomic mass is 10.1. The zero-order valence-electron chi connectivity index (χ0n) is 18.1. The largest absolute Gasteiger partial charge is 0.453 e. The van der Waals surface area contributed by atoms with Gasteiger partial charge >= 0.3 is 5.97 Å². The zero-order chi connectivity index (χ0) is 24.5. The van der Waals surface area contributed by atoms with Gasteiger partial charge < -0.3 is 9.30 Å². The van der Waals surface area contributed by atoms with Crippen LogP contribution in [0.15, 0.2) is 59.1 Å². The van der Waals surface area contributed by atoms with Crippen molar-refractivity contribution in [1.29, 1.82) is 0 Å². The Morgan fingerprint density at radius 3 is 2.44 bits per heavy atom. The summed E-state index contributed by atoms with van der Waals surface area (Å²) in [5.74, 6) is -0.706. The molecule has 0 aliphatic heterocycles. The number of hydrogen-bond donors (Lipinski definition) is 1. The van der Waals surface area contributed by atoms with Crippen LogP contribution in [0.3, 0.4) is 0 Å². The molecule has 12 heteroatoms. The first-order valence-corrected chi connectivity index (χ1v) is 12.3. The van der Waals surface area contributed by atoms with Gasteiger partial charge in [0.1, 0.15) is 0 Å². The number of aromatic nitrogens is 4. The number of Topliss-reactive ketones (excluding diaryl/α,β-unsaturated/α-hetero) is 1. The molecular weight excluding hydrogens is 478 g/mol. The first kappa shape index (κ1) is 23.4. The number of nitrogens with two attached hydrogens (primary N) is 1. The van der Waals surface area contributed by atoms with Gasteiger partial charge in [0.05, 0.1) is 4.90 Å². The summed E-state index contributed by atoms with van der Waals surface area (Å²) in [6, 6.07) is 9.36. The van der Waals surface area contributed by atoms with E-state index in [1.165, 1.54) is 28.8 Å². The SMILES string of the molecule is Cc1cc(C(=O)COC(=O)c2csc(-c3ncccn3)n2)c(C)n1-c1ccc(S(N)(=O)=O)cc1. The van der Waals surface area contributed by atoms with Crippen molar-refractivity contribution < 1.29 is 22.7 Å². The van der Waals surface area contributed by atoms with Gasteiger partial charge in [-0.25, -0.2) is 33.3 Å². The number of carbonyl (C=O) groups is 2. The molecule has 34 heavy (non-hydrogen) atoms. The third-order valence-electron chi connectivity index (χ3n) is 4.96. The fourth-order valence-electron chi connectivity index (χ4n) is 3.39. The van der Waals surface area contributed by atoms with E-state index >= 15 is 0 Å². The fourth-order valence-corrected chi connectivity index (χ4v) is 4.64. The summed E-state index contributed by atoms with van der Waals surface area (Å²) in [4.78, 5) is 37.5. The Bertz CT molecular complexity index is 1480. The molecule has 3 heterocycles.